The van der Waals surface area contributed by atoms with E-state index in [4.69, 9.17) is 16.2 Å². The van der Waals surface area contributed by atoms with Gasteiger partial charge in [0.15, 0.2) is 5.96 Å². The van der Waals surface area contributed by atoms with Crippen LogP contribution in [0.1, 0.15) is 144 Å². The summed E-state index contributed by atoms with van der Waals surface area (Å²) < 4.78 is 5.42. The Bertz CT molecular complexity index is 1600. The molecule has 0 saturated carbocycles. The quantitative estimate of drug-likeness (QED) is 0.0242. The van der Waals surface area contributed by atoms with Crippen LogP contribution in [0.3, 0.4) is 0 Å². The van der Waals surface area contributed by atoms with Gasteiger partial charge in [-0.05, 0) is 51.5 Å². The second kappa shape index (κ2) is 33.4. The number of aliphatic carboxylic acids is 1. The first-order valence-corrected chi connectivity index (χ1v) is 24.0. The Morgan fingerprint density at radius 2 is 1.19 bits per heavy atom. The minimum absolute atomic E-state index is 0.116. The van der Waals surface area contributed by atoms with Gasteiger partial charge in [0.05, 0.1) is 19.1 Å². The van der Waals surface area contributed by atoms with Gasteiger partial charge in [-0.1, -0.05) is 105 Å². The zero-order valence-electron chi connectivity index (χ0n) is 40.5. The standard InChI is InChI=1S/C45H82N10O12/c1-7-28(4)37-43(65)50-29(5)38(60)53-33(25-56)40(62)52-32(24-35(58)59)39(61)51-30(6)44(66)67-26-34(41(63)54-36(27(2)3)42(64)55-37)48-23-21-31(57)20-18-16-14-12-10-8-9-11-13-15-17-19-22-49-45(46)47/h27-34,36-37,48,56-57H,7-26H2,1-6H3,(H,50,65)(H,51,61)(H,52,62)(H,53,60)(H,54,63)(H,55,64)(H,58,59)(H4,46,47,49)/t28-,29+,30+,31?,32+,33-,34?,36+,37-/m0/s1. The fourth-order valence-corrected chi connectivity index (χ4v) is 7.18. The van der Waals surface area contributed by atoms with Crippen LogP contribution < -0.4 is 48.7 Å². The number of cyclic esters (lactones) is 1. The molecule has 22 heteroatoms. The van der Waals surface area contributed by atoms with Crippen LogP contribution in [0.4, 0.5) is 0 Å². The number of amides is 6. The van der Waals surface area contributed by atoms with Crippen molar-refractivity contribution < 1.29 is 58.4 Å². The Labute approximate surface area is 395 Å². The normalized spacial score (nSPS) is 24.0. The Kier molecular flexibility index (Phi) is 29.9. The van der Waals surface area contributed by atoms with Crippen molar-refractivity contribution in [3.63, 3.8) is 0 Å². The topological polar surface area (TPSA) is 355 Å². The van der Waals surface area contributed by atoms with E-state index >= 15 is 0 Å². The van der Waals surface area contributed by atoms with Gasteiger partial charge >= 0.3 is 11.9 Å². The number of rotatable bonds is 25. The Balaban J connectivity index is 3.08. The number of carboxylic acids is 1. The monoisotopic (exact) mass is 955 g/mol. The molecule has 1 saturated heterocycles. The first-order valence-electron chi connectivity index (χ1n) is 24.0. The van der Waals surface area contributed by atoms with Gasteiger partial charge in [-0.25, -0.2) is 4.79 Å². The highest BCUT2D eigenvalue weighted by atomic mass is 16.5. The molecule has 384 valence electrons. The zero-order valence-corrected chi connectivity index (χ0v) is 40.5. The Morgan fingerprint density at radius 1 is 0.687 bits per heavy atom. The molecule has 0 aromatic carbocycles. The molecule has 1 fully saturated rings. The van der Waals surface area contributed by atoms with E-state index < -0.39 is 127 Å². The van der Waals surface area contributed by atoms with Crippen LogP contribution in [0, 0.1) is 11.8 Å². The summed E-state index contributed by atoms with van der Waals surface area (Å²) in [6.07, 6.45) is 12.8. The molecule has 1 rings (SSSR count). The first-order chi connectivity index (χ1) is 31.7. The number of nitrogens with zero attached hydrogens (tertiary/aromatic N) is 1. The number of nitrogens with one attached hydrogen (secondary N) is 7. The molecule has 1 aliphatic heterocycles. The molecule has 6 amide bonds. The van der Waals surface area contributed by atoms with Crippen molar-refractivity contribution in [1.29, 1.82) is 0 Å². The maximum atomic E-state index is 13.9. The van der Waals surface area contributed by atoms with E-state index in [1.807, 2.05) is 0 Å². The summed E-state index contributed by atoms with van der Waals surface area (Å²) >= 11 is 0. The lowest BCUT2D eigenvalue weighted by molar-refractivity contribution is -0.149. The smallest absolute Gasteiger partial charge is 0.328 e. The number of esters is 1. The Hall–Kier alpha value is -5.09. The largest absolute Gasteiger partial charge is 0.481 e. The molecule has 2 unspecified atom stereocenters. The second-order valence-electron chi connectivity index (χ2n) is 17.9. The summed E-state index contributed by atoms with van der Waals surface area (Å²) in [5, 5.41) is 47.8. The van der Waals surface area contributed by atoms with Crippen LogP contribution in [0.2, 0.25) is 0 Å². The van der Waals surface area contributed by atoms with E-state index in [0.717, 1.165) is 44.9 Å². The number of ether oxygens (including phenoxy) is 1. The number of hydrogen-bond acceptors (Lipinski definition) is 13. The average molecular weight is 955 g/mol. The molecule has 9 atom stereocenters. The lowest BCUT2D eigenvalue weighted by Gasteiger charge is -2.30. The van der Waals surface area contributed by atoms with E-state index in [1.54, 1.807) is 27.7 Å². The van der Waals surface area contributed by atoms with Crippen molar-refractivity contribution in [2.75, 3.05) is 26.3 Å². The van der Waals surface area contributed by atoms with E-state index in [2.05, 4.69) is 42.2 Å². The fourth-order valence-electron chi connectivity index (χ4n) is 7.18. The van der Waals surface area contributed by atoms with E-state index in [-0.39, 0.29) is 18.9 Å². The summed E-state index contributed by atoms with van der Waals surface area (Å²) in [5.41, 5.74) is 10.7. The molecule has 0 aromatic rings. The summed E-state index contributed by atoms with van der Waals surface area (Å²) in [7, 11) is 0. The number of aliphatic imine (C=N–C) groups is 1. The van der Waals surface area contributed by atoms with Crippen LogP contribution in [-0.2, 0) is 43.1 Å². The molecule has 0 spiro atoms. The van der Waals surface area contributed by atoms with Crippen molar-refractivity contribution in [1.82, 2.24) is 37.2 Å². The summed E-state index contributed by atoms with van der Waals surface area (Å²) in [6, 6.07) is -9.83. The molecule has 0 aromatic heterocycles. The van der Waals surface area contributed by atoms with Gasteiger partial charge in [0, 0.05) is 6.54 Å². The number of carbonyl (C=O) groups excluding carboxylic acids is 7. The minimum Gasteiger partial charge on any atom is -0.481 e. The van der Waals surface area contributed by atoms with Crippen molar-refractivity contribution in [3.8, 4) is 0 Å². The third-order valence-electron chi connectivity index (χ3n) is 11.6. The number of aliphatic hydroxyl groups excluding tert-OH is 2. The highest BCUT2D eigenvalue weighted by Crippen LogP contribution is 2.15. The number of carboxylic acid groups (broad SMARTS) is 1. The van der Waals surface area contributed by atoms with Crippen LogP contribution in [0.15, 0.2) is 4.99 Å². The lowest BCUT2D eigenvalue weighted by Crippen LogP contribution is -2.61. The number of carbonyl (C=O) groups is 8. The summed E-state index contributed by atoms with van der Waals surface area (Å²) in [4.78, 5) is 110. The molecule has 14 N–H and O–H groups in total. The summed E-state index contributed by atoms with van der Waals surface area (Å²) in [5.74, 6) is -8.74. The predicted octanol–water partition coefficient (Wildman–Crippen LogP) is -0.285. The number of nitrogens with two attached hydrogens (primary N) is 2. The van der Waals surface area contributed by atoms with Crippen LogP contribution in [0.25, 0.3) is 0 Å². The number of hydrogen-bond donors (Lipinski definition) is 12. The van der Waals surface area contributed by atoms with Gasteiger partial charge in [-0.15, -0.1) is 0 Å². The van der Waals surface area contributed by atoms with Gasteiger partial charge in [0.2, 0.25) is 35.4 Å². The maximum Gasteiger partial charge on any atom is 0.328 e. The van der Waals surface area contributed by atoms with Gasteiger partial charge in [0.25, 0.3) is 0 Å². The fraction of sp³-hybridized carbons (Fsp3) is 0.800. The lowest BCUT2D eigenvalue weighted by atomic mass is 9.96. The zero-order chi connectivity index (χ0) is 50.5. The van der Waals surface area contributed by atoms with Crippen molar-refractivity contribution in [3.05, 3.63) is 0 Å². The summed E-state index contributed by atoms with van der Waals surface area (Å²) in [6.45, 7) is 8.62. The molecule has 1 aliphatic rings. The van der Waals surface area contributed by atoms with Crippen molar-refractivity contribution >= 4 is 53.3 Å². The third-order valence-corrected chi connectivity index (χ3v) is 11.6. The maximum absolute atomic E-state index is 13.9. The molecular formula is C45H82N10O12. The number of aliphatic hydroxyl groups is 2. The number of guanidine groups is 1. The number of unbranched alkanes of at least 4 members (excludes halogenated alkanes) is 11. The van der Waals surface area contributed by atoms with Gasteiger partial charge in [0.1, 0.15) is 48.9 Å². The van der Waals surface area contributed by atoms with Gasteiger partial charge in [-0.2, -0.15) is 0 Å². The highest BCUT2D eigenvalue weighted by molar-refractivity contribution is 5.98. The SMILES string of the molecule is CC[C@H](C)[C@@H]1NC(=O)[C@@H](C(C)C)NC(=O)C(NCCC(O)CCCCCCCCCCCCCCN=C(N)N)COC(=O)[C@@H](C)NC(=O)[C@@H](CC(=O)O)NC(=O)[C@H](CO)NC(=O)[C@@H](C)NC1=O. The van der Waals surface area contributed by atoms with Crippen molar-refractivity contribution in [2.24, 2.45) is 28.3 Å². The van der Waals surface area contributed by atoms with E-state index in [0.29, 0.717) is 19.4 Å². The third kappa shape index (κ3) is 25.0. The molecule has 1 heterocycles. The van der Waals surface area contributed by atoms with Crippen LogP contribution in [0.5, 0.6) is 0 Å². The molecule has 0 bridgehead atoms. The molecular weight excluding hydrogens is 873 g/mol. The first kappa shape index (κ1) is 59.9. The molecule has 0 radical (unpaired) electrons. The van der Waals surface area contributed by atoms with Crippen LogP contribution >= 0.6 is 0 Å². The highest BCUT2D eigenvalue weighted by Gasteiger charge is 2.36. The van der Waals surface area contributed by atoms with Gasteiger partial charge < -0.3 is 68.7 Å². The van der Waals surface area contributed by atoms with Gasteiger partial charge in [-0.3, -0.25) is 38.6 Å². The Morgan fingerprint density at radius 3 is 1.73 bits per heavy atom. The van der Waals surface area contributed by atoms with E-state index in [9.17, 15) is 53.7 Å². The predicted molar refractivity (Wildman–Crippen MR) is 251 cm³/mol. The van der Waals surface area contributed by atoms with Crippen molar-refractivity contribution in [2.45, 2.75) is 193 Å². The molecule has 67 heavy (non-hydrogen) atoms. The van der Waals surface area contributed by atoms with Crippen LogP contribution in [-0.4, -0.2) is 143 Å². The molecule has 0 aliphatic carbocycles. The second-order valence-corrected chi connectivity index (χ2v) is 17.9. The van der Waals surface area contributed by atoms with E-state index in [1.165, 1.54) is 46.0 Å². The minimum atomic E-state index is -1.77. The average Bonchev–Trinajstić information content (AvgIpc) is 3.26. The molecule has 22 nitrogen and oxygen atoms in total.